The number of benzene rings is 1. The number of hydrogen-bond donors (Lipinski definition) is 2. The zero-order valence-corrected chi connectivity index (χ0v) is 16.0. The van der Waals surface area contributed by atoms with Gasteiger partial charge in [-0.2, -0.15) is 0 Å². The molecule has 8 heteroatoms. The van der Waals surface area contributed by atoms with Crippen molar-refractivity contribution < 1.29 is 19.1 Å². The molecule has 3 rings (SSSR count). The van der Waals surface area contributed by atoms with Crippen LogP contribution in [0.5, 0.6) is 5.75 Å². The highest BCUT2D eigenvalue weighted by atomic mass is 16.5. The SMILES string of the molecule is COc1ccccc1CN1C(=O)N[C@@H](CCC(=O)NCc2cccn2C)C1=O. The van der Waals surface area contributed by atoms with Crippen molar-refractivity contribution in [2.45, 2.75) is 32.0 Å². The van der Waals surface area contributed by atoms with Crippen LogP contribution in [0.1, 0.15) is 24.1 Å². The number of hydrogen-bond acceptors (Lipinski definition) is 4. The summed E-state index contributed by atoms with van der Waals surface area (Å²) in [6.45, 7) is 0.554. The molecule has 1 aliphatic rings. The summed E-state index contributed by atoms with van der Waals surface area (Å²) in [5, 5.41) is 5.49. The van der Waals surface area contributed by atoms with Crippen molar-refractivity contribution in [3.63, 3.8) is 0 Å². The van der Waals surface area contributed by atoms with Crippen LogP contribution >= 0.6 is 0 Å². The zero-order chi connectivity index (χ0) is 20.1. The van der Waals surface area contributed by atoms with Gasteiger partial charge in [-0.1, -0.05) is 18.2 Å². The largest absolute Gasteiger partial charge is 0.496 e. The maximum Gasteiger partial charge on any atom is 0.325 e. The number of urea groups is 1. The number of amides is 4. The van der Waals surface area contributed by atoms with E-state index in [0.29, 0.717) is 12.3 Å². The summed E-state index contributed by atoms with van der Waals surface area (Å²) in [6, 6.07) is 9.93. The van der Waals surface area contributed by atoms with E-state index in [1.54, 1.807) is 13.2 Å². The Bertz CT molecular complexity index is 877. The summed E-state index contributed by atoms with van der Waals surface area (Å²) in [6.07, 6.45) is 2.32. The first-order valence-electron chi connectivity index (χ1n) is 9.10. The Hall–Kier alpha value is -3.29. The number of nitrogens with one attached hydrogen (secondary N) is 2. The third-order valence-electron chi connectivity index (χ3n) is 4.81. The minimum absolute atomic E-state index is 0.130. The minimum Gasteiger partial charge on any atom is -0.496 e. The molecule has 28 heavy (non-hydrogen) atoms. The van der Waals surface area contributed by atoms with Crippen LogP contribution in [0.15, 0.2) is 42.6 Å². The Morgan fingerprint density at radius 1 is 1.21 bits per heavy atom. The average Bonchev–Trinajstić information content (AvgIpc) is 3.22. The zero-order valence-electron chi connectivity index (χ0n) is 16.0. The average molecular weight is 384 g/mol. The fourth-order valence-electron chi connectivity index (χ4n) is 3.16. The molecular formula is C20H24N4O4. The number of methoxy groups -OCH3 is 1. The van der Waals surface area contributed by atoms with Crippen LogP contribution in [-0.2, 0) is 29.7 Å². The first-order valence-corrected chi connectivity index (χ1v) is 9.10. The first kappa shape index (κ1) is 19.5. The summed E-state index contributed by atoms with van der Waals surface area (Å²) in [5.41, 5.74) is 1.73. The fourth-order valence-corrected chi connectivity index (χ4v) is 3.16. The molecule has 0 aliphatic carbocycles. The summed E-state index contributed by atoms with van der Waals surface area (Å²) in [4.78, 5) is 38.0. The molecule has 1 fully saturated rings. The van der Waals surface area contributed by atoms with Crippen LogP contribution in [0, 0.1) is 0 Å². The van der Waals surface area contributed by atoms with Gasteiger partial charge in [0.05, 0.1) is 20.2 Å². The van der Waals surface area contributed by atoms with E-state index < -0.39 is 12.1 Å². The van der Waals surface area contributed by atoms with Gasteiger partial charge >= 0.3 is 6.03 Å². The number of ether oxygens (including phenoxy) is 1. The van der Waals surface area contributed by atoms with Crippen molar-refractivity contribution in [3.8, 4) is 5.75 Å². The van der Waals surface area contributed by atoms with Crippen molar-refractivity contribution in [2.24, 2.45) is 7.05 Å². The monoisotopic (exact) mass is 384 g/mol. The van der Waals surface area contributed by atoms with Crippen LogP contribution in [0.4, 0.5) is 4.79 Å². The van der Waals surface area contributed by atoms with Gasteiger partial charge in [-0.25, -0.2) is 4.79 Å². The molecule has 0 spiro atoms. The molecule has 4 amide bonds. The van der Waals surface area contributed by atoms with E-state index in [2.05, 4.69) is 10.6 Å². The highest BCUT2D eigenvalue weighted by Crippen LogP contribution is 2.22. The molecule has 1 aliphatic heterocycles. The second-order valence-electron chi connectivity index (χ2n) is 6.66. The van der Waals surface area contributed by atoms with E-state index in [9.17, 15) is 14.4 Å². The van der Waals surface area contributed by atoms with E-state index in [1.807, 2.05) is 48.1 Å². The molecule has 0 unspecified atom stereocenters. The number of nitrogens with zero attached hydrogens (tertiary/aromatic N) is 2. The van der Waals surface area contributed by atoms with E-state index in [-0.39, 0.29) is 31.2 Å². The third kappa shape index (κ3) is 4.33. The molecular weight excluding hydrogens is 360 g/mol. The van der Waals surface area contributed by atoms with E-state index in [4.69, 9.17) is 4.74 Å². The van der Waals surface area contributed by atoms with Crippen LogP contribution in [0.25, 0.3) is 0 Å². The highest BCUT2D eigenvalue weighted by Gasteiger charge is 2.38. The van der Waals surface area contributed by atoms with E-state index >= 15 is 0 Å². The van der Waals surface area contributed by atoms with Gasteiger partial charge in [0.1, 0.15) is 11.8 Å². The Morgan fingerprint density at radius 3 is 2.71 bits per heavy atom. The Balaban J connectivity index is 1.52. The maximum atomic E-state index is 12.6. The van der Waals surface area contributed by atoms with Crippen LogP contribution in [-0.4, -0.2) is 40.5 Å². The molecule has 148 valence electrons. The van der Waals surface area contributed by atoms with Crippen molar-refractivity contribution >= 4 is 17.8 Å². The highest BCUT2D eigenvalue weighted by molar-refractivity contribution is 6.04. The Kier molecular flexibility index (Phi) is 5.98. The van der Waals surface area contributed by atoms with Crippen LogP contribution in [0.3, 0.4) is 0 Å². The molecule has 2 heterocycles. The van der Waals surface area contributed by atoms with Gasteiger partial charge in [-0.15, -0.1) is 0 Å². The summed E-state index contributed by atoms with van der Waals surface area (Å²) < 4.78 is 7.20. The van der Waals surface area contributed by atoms with Crippen molar-refractivity contribution in [2.75, 3.05) is 7.11 Å². The first-order chi connectivity index (χ1) is 13.5. The normalized spacial score (nSPS) is 16.2. The number of para-hydroxylation sites is 1. The molecule has 0 bridgehead atoms. The molecule has 8 nitrogen and oxygen atoms in total. The summed E-state index contributed by atoms with van der Waals surface area (Å²) >= 11 is 0. The van der Waals surface area contributed by atoms with Gasteiger partial charge in [0.25, 0.3) is 5.91 Å². The minimum atomic E-state index is -0.692. The van der Waals surface area contributed by atoms with Crippen molar-refractivity contribution in [1.29, 1.82) is 0 Å². The molecule has 2 N–H and O–H groups in total. The van der Waals surface area contributed by atoms with Crippen LogP contribution in [0.2, 0.25) is 0 Å². The molecule has 1 saturated heterocycles. The van der Waals surface area contributed by atoms with Crippen molar-refractivity contribution in [1.82, 2.24) is 20.1 Å². The fraction of sp³-hybridized carbons (Fsp3) is 0.350. The smallest absolute Gasteiger partial charge is 0.325 e. The predicted molar refractivity (Wildman–Crippen MR) is 102 cm³/mol. The number of aryl methyl sites for hydroxylation is 1. The lowest BCUT2D eigenvalue weighted by Crippen LogP contribution is -2.32. The molecule has 0 radical (unpaired) electrons. The summed E-state index contributed by atoms with van der Waals surface area (Å²) in [5.74, 6) is 0.129. The number of imide groups is 1. The van der Waals surface area contributed by atoms with Crippen LogP contribution < -0.4 is 15.4 Å². The molecule has 2 aromatic rings. The van der Waals surface area contributed by atoms with E-state index in [1.165, 1.54) is 0 Å². The lowest BCUT2D eigenvalue weighted by Gasteiger charge is -2.15. The summed E-state index contributed by atoms with van der Waals surface area (Å²) in [7, 11) is 3.45. The van der Waals surface area contributed by atoms with Crippen molar-refractivity contribution in [3.05, 3.63) is 53.9 Å². The number of carbonyl (C=O) groups is 3. The quantitative estimate of drug-likeness (QED) is 0.676. The van der Waals surface area contributed by atoms with Gasteiger partial charge < -0.3 is 19.9 Å². The van der Waals surface area contributed by atoms with Gasteiger partial charge in [0.15, 0.2) is 0 Å². The topological polar surface area (TPSA) is 92.7 Å². The molecule has 0 saturated carbocycles. The number of rotatable bonds is 8. The molecule has 1 aromatic heterocycles. The Labute approximate surface area is 163 Å². The molecule has 1 atom stereocenters. The van der Waals surface area contributed by atoms with Gasteiger partial charge in [-0.3, -0.25) is 14.5 Å². The Morgan fingerprint density at radius 2 is 2.00 bits per heavy atom. The lowest BCUT2D eigenvalue weighted by molar-refractivity contribution is -0.128. The number of carbonyl (C=O) groups excluding carboxylic acids is 3. The standard InChI is InChI=1S/C20H24N4O4/c1-23-11-5-7-15(23)12-21-18(25)10-9-16-19(26)24(20(27)22-16)13-14-6-3-4-8-17(14)28-2/h3-8,11,16H,9-10,12-13H2,1-2H3,(H,21,25)(H,22,27)/t16-/m0/s1. The number of aromatic nitrogens is 1. The maximum absolute atomic E-state index is 12.6. The van der Waals surface area contributed by atoms with E-state index in [0.717, 1.165) is 16.2 Å². The van der Waals surface area contributed by atoms with Gasteiger partial charge in [0.2, 0.25) is 5.91 Å². The second-order valence-corrected chi connectivity index (χ2v) is 6.66. The van der Waals surface area contributed by atoms with Gasteiger partial charge in [-0.05, 0) is 24.6 Å². The lowest BCUT2D eigenvalue weighted by atomic mass is 10.1. The van der Waals surface area contributed by atoms with Gasteiger partial charge in [0, 0.05) is 30.9 Å². The second kappa shape index (κ2) is 8.60. The molecule has 1 aromatic carbocycles. The third-order valence-corrected chi connectivity index (χ3v) is 4.81. The predicted octanol–water partition coefficient (Wildman–Crippen LogP) is 1.55.